The van der Waals surface area contributed by atoms with E-state index in [4.69, 9.17) is 5.73 Å². The molecule has 1 rings (SSSR count). The molecule has 1 saturated heterocycles. The highest BCUT2D eigenvalue weighted by Gasteiger charge is 2.15. The van der Waals surface area contributed by atoms with Crippen LogP contribution in [0.4, 0.5) is 0 Å². The van der Waals surface area contributed by atoms with Crippen molar-refractivity contribution in [1.29, 1.82) is 0 Å². The van der Waals surface area contributed by atoms with E-state index < -0.39 is 0 Å². The Hall–Kier alpha value is 0.760. The molecule has 0 aromatic rings. The highest BCUT2D eigenvalue weighted by atomic mass is 127. The first kappa shape index (κ1) is 17.8. The molecule has 3 N–H and O–H groups in total. The number of ketones is 1. The molecule has 6 heteroatoms. The molecule has 0 aromatic heterocycles. The number of hydrogen-bond acceptors (Lipinski definition) is 5. The van der Waals surface area contributed by atoms with Gasteiger partial charge in [-0.2, -0.15) is 0 Å². The SMILES string of the molecule is NCCCC[C@H](NI)C(=O)/C=C1/CCCSSCC1. The summed E-state index contributed by atoms with van der Waals surface area (Å²) < 4.78 is 3.10. The number of allylic oxidation sites excluding steroid dienone is 1. The summed E-state index contributed by atoms with van der Waals surface area (Å²) in [5.74, 6) is 2.56. The van der Waals surface area contributed by atoms with Crippen molar-refractivity contribution in [2.75, 3.05) is 18.1 Å². The maximum Gasteiger partial charge on any atom is 0.173 e. The second-order valence-electron chi connectivity index (χ2n) is 4.65. The van der Waals surface area contributed by atoms with Crippen molar-refractivity contribution in [3.05, 3.63) is 11.6 Å². The normalized spacial score (nSPS) is 20.8. The fourth-order valence-electron chi connectivity index (χ4n) is 1.96. The number of halogens is 1. The maximum absolute atomic E-state index is 12.2. The largest absolute Gasteiger partial charge is 0.330 e. The summed E-state index contributed by atoms with van der Waals surface area (Å²) in [6.45, 7) is 0.706. The Balaban J connectivity index is 2.47. The zero-order chi connectivity index (χ0) is 13.9. The third kappa shape index (κ3) is 7.94. The molecule has 0 unspecified atom stereocenters. The van der Waals surface area contributed by atoms with E-state index in [0.717, 1.165) is 37.9 Å². The molecule has 0 aromatic carbocycles. The summed E-state index contributed by atoms with van der Waals surface area (Å²) in [6, 6.07) is -0.0490. The van der Waals surface area contributed by atoms with Crippen LogP contribution in [-0.4, -0.2) is 29.9 Å². The topological polar surface area (TPSA) is 55.1 Å². The van der Waals surface area contributed by atoms with Gasteiger partial charge in [-0.05, 0) is 44.7 Å². The summed E-state index contributed by atoms with van der Waals surface area (Å²) in [6.07, 6.45) is 8.11. The number of hydrogen-bond donors (Lipinski definition) is 2. The lowest BCUT2D eigenvalue weighted by Gasteiger charge is -2.14. The van der Waals surface area contributed by atoms with Crippen molar-refractivity contribution in [2.45, 2.75) is 44.6 Å². The van der Waals surface area contributed by atoms with Gasteiger partial charge in [-0.3, -0.25) is 8.32 Å². The molecule has 0 amide bonds. The molecular weight excluding hydrogens is 391 g/mol. The number of carbonyl (C=O) groups is 1. The predicted molar refractivity (Wildman–Crippen MR) is 95.7 cm³/mol. The van der Waals surface area contributed by atoms with Crippen LogP contribution >= 0.6 is 44.5 Å². The Morgan fingerprint density at radius 1 is 1.37 bits per heavy atom. The summed E-state index contributed by atoms with van der Waals surface area (Å²) in [5, 5.41) is 0. The van der Waals surface area contributed by atoms with Crippen LogP contribution in [-0.2, 0) is 4.79 Å². The van der Waals surface area contributed by atoms with Gasteiger partial charge in [0, 0.05) is 34.4 Å². The molecule has 19 heavy (non-hydrogen) atoms. The van der Waals surface area contributed by atoms with Crippen LogP contribution in [0, 0.1) is 0 Å². The van der Waals surface area contributed by atoms with Gasteiger partial charge in [0.05, 0.1) is 6.04 Å². The molecule has 110 valence electrons. The summed E-state index contributed by atoms with van der Waals surface area (Å²) in [4.78, 5) is 12.2. The van der Waals surface area contributed by atoms with E-state index in [-0.39, 0.29) is 11.8 Å². The average Bonchev–Trinajstić information content (AvgIpc) is 2.37. The lowest BCUT2D eigenvalue weighted by atomic mass is 10.0. The highest BCUT2D eigenvalue weighted by molar-refractivity contribution is 14.1. The second-order valence-corrected chi connectivity index (χ2v) is 7.97. The molecular formula is C13H23IN2OS2. The van der Waals surface area contributed by atoms with Gasteiger partial charge in [0.15, 0.2) is 5.78 Å². The molecule has 1 heterocycles. The number of nitrogens with one attached hydrogen (secondary N) is 1. The second kappa shape index (κ2) is 11.4. The molecule has 3 nitrogen and oxygen atoms in total. The number of rotatable bonds is 7. The molecule has 1 aliphatic rings. The van der Waals surface area contributed by atoms with Crippen molar-refractivity contribution < 1.29 is 4.79 Å². The van der Waals surface area contributed by atoms with E-state index in [2.05, 4.69) is 26.4 Å². The standard InChI is InChI=1S/C13H23IN2OS2/c14-16-12(5-1-2-7-15)13(17)10-11-4-3-8-18-19-9-6-11/h10,12,16H,1-9,15H2/b11-10-/t12-/m0/s1. The zero-order valence-electron chi connectivity index (χ0n) is 11.2. The fraction of sp³-hybridized carbons (Fsp3) is 0.769. The summed E-state index contributed by atoms with van der Waals surface area (Å²) in [5.41, 5.74) is 6.82. The smallest absolute Gasteiger partial charge is 0.173 e. The zero-order valence-corrected chi connectivity index (χ0v) is 15.0. The maximum atomic E-state index is 12.2. The Labute approximate surface area is 138 Å². The molecule has 0 radical (unpaired) electrons. The quantitative estimate of drug-likeness (QED) is 0.220. The first-order valence-electron chi connectivity index (χ1n) is 6.82. The average molecular weight is 414 g/mol. The van der Waals surface area contributed by atoms with Crippen LogP contribution in [0.2, 0.25) is 0 Å². The van der Waals surface area contributed by atoms with Crippen LogP contribution in [0.15, 0.2) is 11.6 Å². The monoisotopic (exact) mass is 414 g/mol. The van der Waals surface area contributed by atoms with Gasteiger partial charge in [-0.1, -0.05) is 33.6 Å². The number of unbranched alkanes of at least 4 members (excludes halogenated alkanes) is 1. The lowest BCUT2D eigenvalue weighted by Crippen LogP contribution is -2.29. The summed E-state index contributed by atoms with van der Waals surface area (Å²) in [7, 11) is 3.88. The number of nitrogens with two attached hydrogens (primary N) is 1. The minimum absolute atomic E-state index is 0.0490. The van der Waals surface area contributed by atoms with Crippen LogP contribution < -0.4 is 9.26 Å². The van der Waals surface area contributed by atoms with Gasteiger partial charge in [-0.15, -0.1) is 0 Å². The molecule has 1 atom stereocenters. The van der Waals surface area contributed by atoms with Gasteiger partial charge in [0.25, 0.3) is 0 Å². The van der Waals surface area contributed by atoms with E-state index in [1.165, 1.54) is 17.7 Å². The van der Waals surface area contributed by atoms with Crippen LogP contribution in [0.25, 0.3) is 0 Å². The predicted octanol–water partition coefficient (Wildman–Crippen LogP) is 3.48. The molecule has 0 bridgehead atoms. The Morgan fingerprint density at radius 3 is 2.89 bits per heavy atom. The van der Waals surface area contributed by atoms with Crippen molar-refractivity contribution in [1.82, 2.24) is 3.53 Å². The molecule has 1 aliphatic heterocycles. The highest BCUT2D eigenvalue weighted by Crippen LogP contribution is 2.29. The van der Waals surface area contributed by atoms with Gasteiger partial charge < -0.3 is 5.73 Å². The Morgan fingerprint density at radius 2 is 2.16 bits per heavy atom. The molecule has 1 fully saturated rings. The Kier molecular flexibility index (Phi) is 10.7. The van der Waals surface area contributed by atoms with E-state index in [9.17, 15) is 4.79 Å². The van der Waals surface area contributed by atoms with Gasteiger partial charge in [0.1, 0.15) is 0 Å². The van der Waals surface area contributed by atoms with Gasteiger partial charge >= 0.3 is 0 Å². The first-order chi connectivity index (χ1) is 9.27. The van der Waals surface area contributed by atoms with E-state index in [1.54, 1.807) is 0 Å². The molecule has 0 spiro atoms. The van der Waals surface area contributed by atoms with Crippen molar-refractivity contribution in [3.8, 4) is 0 Å². The van der Waals surface area contributed by atoms with Crippen LogP contribution in [0.5, 0.6) is 0 Å². The van der Waals surface area contributed by atoms with Gasteiger partial charge in [0.2, 0.25) is 0 Å². The third-order valence-corrected chi connectivity index (χ3v) is 6.33. The minimum Gasteiger partial charge on any atom is -0.330 e. The van der Waals surface area contributed by atoms with E-state index >= 15 is 0 Å². The first-order valence-corrected chi connectivity index (χ1v) is 10.4. The summed E-state index contributed by atoms with van der Waals surface area (Å²) >= 11 is 2.09. The number of carbonyl (C=O) groups excluding carboxylic acids is 1. The van der Waals surface area contributed by atoms with Crippen molar-refractivity contribution in [3.63, 3.8) is 0 Å². The van der Waals surface area contributed by atoms with Crippen molar-refractivity contribution >= 4 is 50.2 Å². The third-order valence-electron chi connectivity index (χ3n) is 3.08. The lowest BCUT2D eigenvalue weighted by molar-refractivity contribution is -0.116. The fourth-order valence-corrected chi connectivity index (χ4v) is 4.74. The van der Waals surface area contributed by atoms with Gasteiger partial charge in [-0.25, -0.2) is 0 Å². The molecule has 0 aliphatic carbocycles. The Bertz CT molecular complexity index is 290. The molecule has 0 saturated carbocycles. The van der Waals surface area contributed by atoms with Crippen molar-refractivity contribution in [2.24, 2.45) is 5.73 Å². The van der Waals surface area contributed by atoms with E-state index in [1.807, 2.05) is 27.7 Å². The minimum atomic E-state index is -0.0490. The van der Waals surface area contributed by atoms with E-state index in [0.29, 0.717) is 6.54 Å². The van der Waals surface area contributed by atoms with Crippen LogP contribution in [0.1, 0.15) is 38.5 Å². The van der Waals surface area contributed by atoms with Crippen LogP contribution in [0.3, 0.4) is 0 Å².